The standard InChI is InChI=1S/C26H36N6O5S/c1-26(2,3)23(32-15-21(28-30-32)17-7-8-17)25(35)31-14-19(33)12-22(31)24(34)27-13-16-5-4-6-18(11-16)29-38(36,37)20-9-10-20/h4-6,11,15,17,19-20,22-23,29,33H,7-10,12-14H2,1-3H3,(H,27,34)/t19?,22?,23-/m1/s1. The Hall–Kier alpha value is -2.99. The highest BCUT2D eigenvalue weighted by molar-refractivity contribution is 7.93. The molecule has 206 valence electrons. The van der Waals surface area contributed by atoms with Crippen LogP contribution in [-0.2, 0) is 26.2 Å². The van der Waals surface area contributed by atoms with E-state index in [1.54, 1.807) is 28.9 Å². The van der Waals surface area contributed by atoms with E-state index in [0.717, 1.165) is 18.5 Å². The lowest BCUT2D eigenvalue weighted by Crippen LogP contribution is -2.50. The highest BCUT2D eigenvalue weighted by Gasteiger charge is 2.45. The molecule has 2 heterocycles. The topological polar surface area (TPSA) is 147 Å². The second kappa shape index (κ2) is 9.96. The number of β-amino-alcohol motifs (C(OH)–C–C–N with tert-alkyl or cyclic N) is 1. The van der Waals surface area contributed by atoms with Crippen molar-refractivity contribution in [1.82, 2.24) is 25.2 Å². The van der Waals surface area contributed by atoms with Gasteiger partial charge in [0.2, 0.25) is 21.8 Å². The van der Waals surface area contributed by atoms with Gasteiger partial charge >= 0.3 is 0 Å². The van der Waals surface area contributed by atoms with Gasteiger partial charge in [-0.15, -0.1) is 5.10 Å². The van der Waals surface area contributed by atoms with E-state index in [0.29, 0.717) is 30.0 Å². The van der Waals surface area contributed by atoms with Crippen LogP contribution in [-0.4, -0.2) is 69.2 Å². The number of carbonyl (C=O) groups is 2. The fraction of sp³-hybridized carbons (Fsp3) is 0.615. The van der Waals surface area contributed by atoms with Crippen molar-refractivity contribution in [2.75, 3.05) is 11.3 Å². The molecule has 11 nitrogen and oxygen atoms in total. The molecular formula is C26H36N6O5S. The predicted molar refractivity (Wildman–Crippen MR) is 140 cm³/mol. The number of hydrogen-bond acceptors (Lipinski definition) is 7. The third-order valence-electron chi connectivity index (χ3n) is 7.32. The summed E-state index contributed by atoms with van der Waals surface area (Å²) < 4.78 is 28.7. The summed E-state index contributed by atoms with van der Waals surface area (Å²) in [5.41, 5.74) is 1.54. The molecule has 3 atom stereocenters. The Morgan fingerprint density at radius 1 is 1.18 bits per heavy atom. The molecule has 2 aromatic rings. The molecule has 3 aliphatic rings. The number of anilines is 1. The predicted octanol–water partition coefficient (Wildman–Crippen LogP) is 1.92. The van der Waals surface area contributed by atoms with Crippen molar-refractivity contribution in [2.24, 2.45) is 5.41 Å². The van der Waals surface area contributed by atoms with Crippen LogP contribution in [0.1, 0.15) is 76.1 Å². The van der Waals surface area contributed by atoms with E-state index in [1.165, 1.54) is 4.90 Å². The zero-order valence-corrected chi connectivity index (χ0v) is 22.8. The van der Waals surface area contributed by atoms with Crippen LogP contribution < -0.4 is 10.0 Å². The number of carbonyl (C=O) groups excluding carboxylic acids is 2. The molecule has 2 unspecified atom stereocenters. The normalized spacial score (nSPS) is 22.8. The number of nitrogens with one attached hydrogen (secondary N) is 2. The molecule has 1 saturated heterocycles. The summed E-state index contributed by atoms with van der Waals surface area (Å²) in [6, 6.07) is 5.36. The summed E-state index contributed by atoms with van der Waals surface area (Å²) in [5.74, 6) is -0.254. The van der Waals surface area contributed by atoms with E-state index >= 15 is 0 Å². The van der Waals surface area contributed by atoms with Crippen LogP contribution in [0.5, 0.6) is 0 Å². The Labute approximate surface area is 223 Å². The molecule has 0 spiro atoms. The molecular weight excluding hydrogens is 508 g/mol. The zero-order chi connectivity index (χ0) is 27.2. The van der Waals surface area contributed by atoms with Crippen molar-refractivity contribution >= 4 is 27.5 Å². The Kier molecular flexibility index (Phi) is 6.97. The number of hydrogen-bond donors (Lipinski definition) is 3. The second-order valence-corrected chi connectivity index (χ2v) is 13.8. The number of nitrogens with zero attached hydrogens (tertiary/aromatic N) is 4. The molecule has 1 aliphatic heterocycles. The monoisotopic (exact) mass is 544 g/mol. The minimum Gasteiger partial charge on any atom is -0.391 e. The lowest BCUT2D eigenvalue weighted by atomic mass is 9.85. The molecule has 1 aromatic heterocycles. The van der Waals surface area contributed by atoms with Crippen molar-refractivity contribution in [3.8, 4) is 0 Å². The van der Waals surface area contributed by atoms with Crippen molar-refractivity contribution in [1.29, 1.82) is 0 Å². The SMILES string of the molecule is CC(C)(C)[C@@H](C(=O)N1CC(O)CC1C(=O)NCc1cccc(NS(=O)(=O)C2CC2)c1)n1cc(C2CC2)nn1. The van der Waals surface area contributed by atoms with E-state index in [2.05, 4.69) is 20.4 Å². The van der Waals surface area contributed by atoms with Crippen LogP contribution in [0.15, 0.2) is 30.5 Å². The molecule has 2 saturated carbocycles. The quantitative estimate of drug-likeness (QED) is 0.437. The zero-order valence-electron chi connectivity index (χ0n) is 22.0. The Bertz CT molecular complexity index is 1310. The molecule has 1 aromatic carbocycles. The van der Waals surface area contributed by atoms with Crippen LogP contribution in [0.2, 0.25) is 0 Å². The highest BCUT2D eigenvalue weighted by Crippen LogP contribution is 2.40. The molecule has 2 amide bonds. The summed E-state index contributed by atoms with van der Waals surface area (Å²) in [7, 11) is -3.39. The van der Waals surface area contributed by atoms with E-state index in [9.17, 15) is 23.1 Å². The molecule has 0 radical (unpaired) electrons. The van der Waals surface area contributed by atoms with Gasteiger partial charge < -0.3 is 15.3 Å². The maximum absolute atomic E-state index is 13.8. The molecule has 2 aliphatic carbocycles. The number of amides is 2. The van der Waals surface area contributed by atoms with Crippen molar-refractivity contribution in [2.45, 2.75) is 88.8 Å². The molecule has 12 heteroatoms. The fourth-order valence-electron chi connectivity index (χ4n) is 5.00. The second-order valence-electron chi connectivity index (χ2n) is 11.8. The molecule has 38 heavy (non-hydrogen) atoms. The minimum absolute atomic E-state index is 0.0616. The van der Waals surface area contributed by atoms with Gasteiger partial charge in [-0.2, -0.15) is 0 Å². The smallest absolute Gasteiger partial charge is 0.248 e. The van der Waals surface area contributed by atoms with Crippen LogP contribution >= 0.6 is 0 Å². The summed E-state index contributed by atoms with van der Waals surface area (Å²) in [6.07, 6.45) is 4.64. The maximum Gasteiger partial charge on any atom is 0.248 e. The van der Waals surface area contributed by atoms with Crippen LogP contribution in [0.3, 0.4) is 0 Å². The largest absolute Gasteiger partial charge is 0.391 e. The average molecular weight is 545 g/mol. The number of aromatic nitrogens is 3. The van der Waals surface area contributed by atoms with Gasteiger partial charge in [-0.3, -0.25) is 14.3 Å². The van der Waals surface area contributed by atoms with Gasteiger partial charge in [0.15, 0.2) is 0 Å². The third-order valence-corrected chi connectivity index (χ3v) is 9.19. The summed E-state index contributed by atoms with van der Waals surface area (Å²) >= 11 is 0. The first-order chi connectivity index (χ1) is 17.9. The molecule has 3 fully saturated rings. The summed E-state index contributed by atoms with van der Waals surface area (Å²) in [5, 5.41) is 21.5. The third kappa shape index (κ3) is 5.85. The first-order valence-electron chi connectivity index (χ1n) is 13.2. The lowest BCUT2D eigenvalue weighted by molar-refractivity contribution is -0.144. The van der Waals surface area contributed by atoms with Crippen LogP contribution in [0.25, 0.3) is 0 Å². The number of sulfonamides is 1. The van der Waals surface area contributed by atoms with E-state index in [1.807, 2.05) is 27.0 Å². The number of aliphatic hydroxyl groups is 1. The summed E-state index contributed by atoms with van der Waals surface area (Å²) in [6.45, 7) is 6.05. The average Bonchev–Trinajstić information content (AvgIpc) is 3.77. The lowest BCUT2D eigenvalue weighted by Gasteiger charge is -2.34. The van der Waals surface area contributed by atoms with Gasteiger partial charge in [-0.25, -0.2) is 13.1 Å². The van der Waals surface area contributed by atoms with Gasteiger partial charge in [0, 0.05) is 37.3 Å². The number of aliphatic hydroxyl groups excluding tert-OH is 1. The first-order valence-corrected chi connectivity index (χ1v) is 14.8. The number of likely N-dealkylation sites (tertiary alicyclic amines) is 1. The van der Waals surface area contributed by atoms with E-state index in [4.69, 9.17) is 0 Å². The van der Waals surface area contributed by atoms with Gasteiger partial charge in [-0.05, 0) is 48.8 Å². The van der Waals surface area contributed by atoms with Gasteiger partial charge in [0.05, 0.1) is 17.0 Å². The van der Waals surface area contributed by atoms with E-state index in [-0.39, 0.29) is 36.6 Å². The Morgan fingerprint density at radius 3 is 2.58 bits per heavy atom. The van der Waals surface area contributed by atoms with Gasteiger partial charge in [-0.1, -0.05) is 38.1 Å². The Morgan fingerprint density at radius 2 is 1.92 bits per heavy atom. The fourth-order valence-corrected chi connectivity index (χ4v) is 6.38. The summed E-state index contributed by atoms with van der Waals surface area (Å²) in [4.78, 5) is 28.5. The van der Waals surface area contributed by atoms with Gasteiger partial charge in [0.1, 0.15) is 12.1 Å². The first kappa shape index (κ1) is 26.6. The van der Waals surface area contributed by atoms with Crippen molar-refractivity contribution in [3.05, 3.63) is 41.7 Å². The number of rotatable bonds is 9. The maximum atomic E-state index is 13.8. The molecule has 0 bridgehead atoms. The number of benzene rings is 1. The van der Waals surface area contributed by atoms with Gasteiger partial charge in [0.25, 0.3) is 0 Å². The Balaban J connectivity index is 1.27. The van der Waals surface area contributed by atoms with Crippen molar-refractivity contribution in [3.63, 3.8) is 0 Å². The van der Waals surface area contributed by atoms with E-state index < -0.39 is 33.6 Å². The minimum atomic E-state index is -3.39. The molecule has 3 N–H and O–H groups in total. The van der Waals surface area contributed by atoms with Crippen LogP contribution in [0, 0.1) is 5.41 Å². The highest BCUT2D eigenvalue weighted by atomic mass is 32.2. The van der Waals surface area contributed by atoms with Crippen molar-refractivity contribution < 1.29 is 23.1 Å². The molecule has 5 rings (SSSR count). The van der Waals surface area contributed by atoms with Crippen LogP contribution in [0.4, 0.5) is 5.69 Å².